The number of aromatic nitrogens is 4. The van der Waals surface area contributed by atoms with Crippen molar-refractivity contribution in [3.8, 4) is 0 Å². The van der Waals surface area contributed by atoms with Crippen LogP contribution in [0.4, 0.5) is 5.82 Å². The average Bonchev–Trinajstić information content (AvgIpc) is 2.94. The zero-order valence-electron chi connectivity index (χ0n) is 8.85. The topological polar surface area (TPSA) is 99.1 Å². The van der Waals surface area contributed by atoms with Crippen molar-refractivity contribution in [3.05, 3.63) is 12.7 Å². The predicted molar refractivity (Wildman–Crippen MR) is 63.2 cm³/mol. The van der Waals surface area contributed by atoms with Crippen LogP contribution in [0.1, 0.15) is 5.37 Å². The molecule has 1 aliphatic rings. The van der Waals surface area contributed by atoms with Gasteiger partial charge in [0.25, 0.3) is 0 Å². The van der Waals surface area contributed by atoms with E-state index in [1.165, 1.54) is 18.1 Å². The number of nitrogens with zero attached hydrogens (tertiary/aromatic N) is 4. The maximum atomic E-state index is 9.02. The first-order chi connectivity index (χ1) is 8.29. The number of anilines is 1. The Labute approximate surface area is 101 Å². The zero-order valence-corrected chi connectivity index (χ0v) is 9.67. The number of ether oxygens (including phenoxy) is 1. The number of nitrogen functional groups attached to an aromatic ring is 1. The van der Waals surface area contributed by atoms with Crippen LogP contribution in [0, 0.1) is 0 Å². The molecule has 0 amide bonds. The molecule has 90 valence electrons. The minimum Gasteiger partial charge on any atom is -0.393 e. The van der Waals surface area contributed by atoms with Gasteiger partial charge in [0.1, 0.15) is 22.7 Å². The highest BCUT2D eigenvalue weighted by atomic mass is 32.2. The SMILES string of the molecule is Nc1ncnc2c1ncn2[C@H]1CO[C@@H](CO)S1. The molecule has 8 heteroatoms. The highest BCUT2D eigenvalue weighted by Gasteiger charge is 2.28. The first kappa shape index (κ1) is 10.8. The number of fused-ring (bicyclic) bond motifs is 1. The van der Waals surface area contributed by atoms with Crippen molar-refractivity contribution < 1.29 is 9.84 Å². The van der Waals surface area contributed by atoms with Gasteiger partial charge in [0.2, 0.25) is 0 Å². The lowest BCUT2D eigenvalue weighted by atomic mass is 10.5. The molecule has 0 saturated carbocycles. The molecule has 3 rings (SSSR count). The summed E-state index contributed by atoms with van der Waals surface area (Å²) in [6, 6.07) is 0. The van der Waals surface area contributed by atoms with Gasteiger partial charge in [-0.3, -0.25) is 4.57 Å². The van der Waals surface area contributed by atoms with Crippen LogP contribution in [0.3, 0.4) is 0 Å². The summed E-state index contributed by atoms with van der Waals surface area (Å²) < 4.78 is 7.30. The molecule has 0 aromatic carbocycles. The summed E-state index contributed by atoms with van der Waals surface area (Å²) in [6.45, 7) is 0.524. The number of imidazole rings is 1. The van der Waals surface area contributed by atoms with Gasteiger partial charge in [-0.05, 0) is 0 Å². The molecule has 2 atom stereocenters. The Morgan fingerprint density at radius 1 is 1.53 bits per heavy atom. The van der Waals surface area contributed by atoms with Crippen LogP contribution < -0.4 is 5.73 Å². The van der Waals surface area contributed by atoms with E-state index in [0.29, 0.717) is 23.6 Å². The standard InChI is InChI=1S/C9H11N5O2S/c10-8-7-9(12-3-11-8)14(4-13-7)5-2-16-6(1-15)17-5/h3-6,15H,1-2H2,(H2,10,11,12)/t5-,6-/m1/s1. The van der Waals surface area contributed by atoms with Crippen molar-refractivity contribution in [3.63, 3.8) is 0 Å². The van der Waals surface area contributed by atoms with Gasteiger partial charge in [-0.25, -0.2) is 15.0 Å². The summed E-state index contributed by atoms with van der Waals surface area (Å²) in [4.78, 5) is 12.3. The Balaban J connectivity index is 1.99. The largest absolute Gasteiger partial charge is 0.393 e. The normalized spacial score (nSPS) is 24.5. The van der Waals surface area contributed by atoms with E-state index in [1.54, 1.807) is 6.33 Å². The average molecular weight is 253 g/mol. The molecule has 0 bridgehead atoms. The summed E-state index contributed by atoms with van der Waals surface area (Å²) in [6.07, 6.45) is 3.09. The Morgan fingerprint density at radius 3 is 3.18 bits per heavy atom. The van der Waals surface area contributed by atoms with Gasteiger partial charge in [-0.1, -0.05) is 0 Å². The second-order valence-electron chi connectivity index (χ2n) is 3.62. The fourth-order valence-corrected chi connectivity index (χ4v) is 2.80. The summed E-state index contributed by atoms with van der Waals surface area (Å²) >= 11 is 1.54. The quantitative estimate of drug-likeness (QED) is 0.776. The Bertz CT molecular complexity index is 545. The molecule has 1 saturated heterocycles. The second-order valence-corrected chi connectivity index (χ2v) is 4.96. The van der Waals surface area contributed by atoms with Gasteiger partial charge >= 0.3 is 0 Å². The van der Waals surface area contributed by atoms with Gasteiger partial charge in [-0.15, -0.1) is 11.8 Å². The molecule has 0 spiro atoms. The fourth-order valence-electron chi connectivity index (χ4n) is 1.77. The predicted octanol–water partition coefficient (Wildman–Crippen LogP) is -0.0111. The molecule has 3 N–H and O–H groups in total. The number of hydrogen-bond acceptors (Lipinski definition) is 7. The molecule has 2 aromatic rings. The van der Waals surface area contributed by atoms with Gasteiger partial charge in [0.15, 0.2) is 11.5 Å². The number of rotatable bonds is 2. The molecule has 0 radical (unpaired) electrons. The van der Waals surface area contributed by atoms with Crippen LogP contribution in [0.25, 0.3) is 11.2 Å². The number of thioether (sulfide) groups is 1. The Morgan fingerprint density at radius 2 is 2.41 bits per heavy atom. The van der Waals surface area contributed by atoms with E-state index < -0.39 is 0 Å². The second kappa shape index (κ2) is 4.13. The van der Waals surface area contributed by atoms with Crippen LogP contribution in [-0.2, 0) is 4.74 Å². The zero-order chi connectivity index (χ0) is 11.8. The summed E-state index contributed by atoms with van der Waals surface area (Å²) in [5.41, 5.74) is 6.82. The van der Waals surface area contributed by atoms with Crippen molar-refractivity contribution in [2.45, 2.75) is 10.8 Å². The lowest BCUT2D eigenvalue weighted by Crippen LogP contribution is -2.05. The Kier molecular flexibility index (Phi) is 2.61. The van der Waals surface area contributed by atoms with E-state index in [0.717, 1.165) is 0 Å². The third-order valence-electron chi connectivity index (χ3n) is 2.58. The van der Waals surface area contributed by atoms with E-state index in [9.17, 15) is 0 Å². The third-order valence-corrected chi connectivity index (χ3v) is 3.85. The maximum Gasteiger partial charge on any atom is 0.166 e. The van der Waals surface area contributed by atoms with Crippen LogP contribution in [-0.4, -0.2) is 43.3 Å². The molecular formula is C9H11N5O2S. The minimum atomic E-state index is -0.184. The van der Waals surface area contributed by atoms with Crippen molar-refractivity contribution in [2.24, 2.45) is 0 Å². The lowest BCUT2D eigenvalue weighted by Gasteiger charge is -2.09. The van der Waals surface area contributed by atoms with Crippen molar-refractivity contribution in [1.29, 1.82) is 0 Å². The number of nitrogens with two attached hydrogens (primary N) is 1. The van der Waals surface area contributed by atoms with Crippen LogP contribution in [0.15, 0.2) is 12.7 Å². The van der Waals surface area contributed by atoms with E-state index in [4.69, 9.17) is 15.6 Å². The molecule has 1 aliphatic heterocycles. The molecule has 7 nitrogen and oxygen atoms in total. The van der Waals surface area contributed by atoms with Crippen LogP contribution in [0.2, 0.25) is 0 Å². The van der Waals surface area contributed by atoms with Gasteiger partial charge in [0.05, 0.1) is 19.5 Å². The van der Waals surface area contributed by atoms with Crippen LogP contribution in [0.5, 0.6) is 0 Å². The first-order valence-corrected chi connectivity index (χ1v) is 6.05. The summed E-state index contributed by atoms with van der Waals surface area (Å²) in [5.74, 6) is 0.372. The Hall–Kier alpha value is -1.38. The van der Waals surface area contributed by atoms with Crippen LogP contribution >= 0.6 is 11.8 Å². The van der Waals surface area contributed by atoms with E-state index in [-0.39, 0.29) is 17.4 Å². The lowest BCUT2D eigenvalue weighted by molar-refractivity contribution is 0.0810. The first-order valence-electron chi connectivity index (χ1n) is 5.10. The maximum absolute atomic E-state index is 9.02. The molecular weight excluding hydrogens is 242 g/mol. The molecule has 0 unspecified atom stereocenters. The van der Waals surface area contributed by atoms with Gasteiger partial charge in [0, 0.05) is 0 Å². The van der Waals surface area contributed by atoms with Gasteiger partial charge in [-0.2, -0.15) is 0 Å². The summed E-state index contributed by atoms with van der Waals surface area (Å²) in [5, 5.41) is 9.08. The van der Waals surface area contributed by atoms with E-state index in [2.05, 4.69) is 15.0 Å². The molecule has 3 heterocycles. The minimum absolute atomic E-state index is 0.00488. The smallest absolute Gasteiger partial charge is 0.166 e. The summed E-state index contributed by atoms with van der Waals surface area (Å²) in [7, 11) is 0. The van der Waals surface area contributed by atoms with Gasteiger partial charge < -0.3 is 15.6 Å². The monoisotopic (exact) mass is 253 g/mol. The molecule has 1 fully saturated rings. The highest BCUT2D eigenvalue weighted by Crippen LogP contribution is 2.36. The third kappa shape index (κ3) is 1.74. The van der Waals surface area contributed by atoms with E-state index >= 15 is 0 Å². The number of aliphatic hydroxyl groups excluding tert-OH is 1. The highest BCUT2D eigenvalue weighted by molar-refractivity contribution is 8.00. The van der Waals surface area contributed by atoms with Crippen molar-refractivity contribution >= 4 is 28.7 Å². The van der Waals surface area contributed by atoms with Crippen molar-refractivity contribution in [1.82, 2.24) is 19.5 Å². The molecule has 2 aromatic heterocycles. The number of hydrogen-bond donors (Lipinski definition) is 2. The molecule has 17 heavy (non-hydrogen) atoms. The molecule has 0 aliphatic carbocycles. The van der Waals surface area contributed by atoms with Crippen molar-refractivity contribution in [2.75, 3.05) is 18.9 Å². The fraction of sp³-hybridized carbons (Fsp3) is 0.444. The van der Waals surface area contributed by atoms with E-state index in [1.807, 2.05) is 4.57 Å². The number of aliphatic hydroxyl groups is 1.